The molecule has 7 heteroatoms. The van der Waals surface area contributed by atoms with E-state index < -0.39 is 15.9 Å². The van der Waals surface area contributed by atoms with E-state index in [4.69, 9.17) is 5.73 Å². The normalized spacial score (nSPS) is 11.1. The number of hydrogen-bond donors (Lipinski definition) is 3. The van der Waals surface area contributed by atoms with E-state index in [0.29, 0.717) is 5.69 Å². The van der Waals surface area contributed by atoms with E-state index in [2.05, 4.69) is 10.0 Å². The van der Waals surface area contributed by atoms with Gasteiger partial charge in [-0.15, -0.1) is 0 Å². The molecule has 1 amide bonds. The van der Waals surface area contributed by atoms with Gasteiger partial charge in [-0.25, -0.2) is 13.1 Å². The van der Waals surface area contributed by atoms with E-state index >= 15 is 0 Å². The summed E-state index contributed by atoms with van der Waals surface area (Å²) in [5, 5.41) is 2.31. The number of carbonyl (C=O) groups excluding carboxylic acids is 1. The highest BCUT2D eigenvalue weighted by Gasteiger charge is 2.14. The SMILES string of the molecule is CNC(=O)CNS(=O)(=O)c1ccc(N)cc1. The predicted molar refractivity (Wildman–Crippen MR) is 60.1 cm³/mol. The fourth-order valence-corrected chi connectivity index (χ4v) is 1.96. The van der Waals surface area contributed by atoms with Gasteiger partial charge in [-0.3, -0.25) is 4.79 Å². The van der Waals surface area contributed by atoms with Crippen molar-refractivity contribution >= 4 is 21.6 Å². The molecular formula is C9H13N3O3S. The zero-order chi connectivity index (χ0) is 12.2. The predicted octanol–water partition coefficient (Wildman–Crippen LogP) is -0.707. The third kappa shape index (κ3) is 3.21. The largest absolute Gasteiger partial charge is 0.399 e. The van der Waals surface area contributed by atoms with Gasteiger partial charge in [0.1, 0.15) is 0 Å². The Labute approximate surface area is 93.9 Å². The van der Waals surface area contributed by atoms with Crippen LogP contribution in [0.3, 0.4) is 0 Å². The Hall–Kier alpha value is -1.60. The van der Waals surface area contributed by atoms with Crippen LogP contribution in [0.1, 0.15) is 0 Å². The first kappa shape index (κ1) is 12.5. The maximum absolute atomic E-state index is 11.6. The fraction of sp³-hybridized carbons (Fsp3) is 0.222. The molecule has 0 saturated heterocycles. The van der Waals surface area contributed by atoms with E-state index in [1.165, 1.54) is 31.3 Å². The van der Waals surface area contributed by atoms with Crippen LogP contribution in [-0.2, 0) is 14.8 Å². The van der Waals surface area contributed by atoms with Crippen LogP contribution in [0.5, 0.6) is 0 Å². The van der Waals surface area contributed by atoms with Gasteiger partial charge in [0.05, 0.1) is 11.4 Å². The summed E-state index contributed by atoms with van der Waals surface area (Å²) in [6.07, 6.45) is 0. The van der Waals surface area contributed by atoms with Gasteiger partial charge in [0, 0.05) is 12.7 Å². The van der Waals surface area contributed by atoms with Crippen molar-refractivity contribution in [3.8, 4) is 0 Å². The molecule has 0 aromatic heterocycles. The molecule has 0 aliphatic rings. The average Bonchev–Trinajstić information content (AvgIpc) is 2.26. The number of likely N-dealkylation sites (N-methyl/N-ethyl adjacent to an activating group) is 1. The van der Waals surface area contributed by atoms with Gasteiger partial charge in [-0.2, -0.15) is 0 Å². The Morgan fingerprint density at radius 1 is 1.31 bits per heavy atom. The van der Waals surface area contributed by atoms with Crippen LogP contribution in [0.2, 0.25) is 0 Å². The minimum atomic E-state index is -3.65. The highest BCUT2D eigenvalue weighted by molar-refractivity contribution is 7.89. The number of benzene rings is 1. The summed E-state index contributed by atoms with van der Waals surface area (Å²) in [4.78, 5) is 11.0. The van der Waals surface area contributed by atoms with Crippen LogP contribution in [0.25, 0.3) is 0 Å². The highest BCUT2D eigenvalue weighted by atomic mass is 32.2. The molecule has 16 heavy (non-hydrogen) atoms. The number of nitrogens with one attached hydrogen (secondary N) is 2. The first-order chi connectivity index (χ1) is 7.45. The van der Waals surface area contributed by atoms with Crippen molar-refractivity contribution in [3.63, 3.8) is 0 Å². The van der Waals surface area contributed by atoms with E-state index in [1.54, 1.807) is 0 Å². The smallest absolute Gasteiger partial charge is 0.241 e. The molecule has 0 aliphatic heterocycles. The molecular weight excluding hydrogens is 230 g/mol. The van der Waals surface area contributed by atoms with Gasteiger partial charge in [-0.05, 0) is 24.3 Å². The number of carbonyl (C=O) groups is 1. The first-order valence-corrected chi connectivity index (χ1v) is 6.00. The first-order valence-electron chi connectivity index (χ1n) is 4.51. The number of anilines is 1. The van der Waals surface area contributed by atoms with Crippen LogP contribution in [-0.4, -0.2) is 27.9 Å². The molecule has 0 unspecified atom stereocenters. The molecule has 88 valence electrons. The second-order valence-electron chi connectivity index (χ2n) is 3.07. The van der Waals surface area contributed by atoms with Gasteiger partial charge >= 0.3 is 0 Å². The summed E-state index contributed by atoms with van der Waals surface area (Å²) >= 11 is 0. The van der Waals surface area contributed by atoms with Gasteiger partial charge in [-0.1, -0.05) is 0 Å². The lowest BCUT2D eigenvalue weighted by molar-refractivity contribution is -0.119. The lowest BCUT2D eigenvalue weighted by atomic mass is 10.3. The second kappa shape index (κ2) is 4.95. The summed E-state index contributed by atoms with van der Waals surface area (Å²) < 4.78 is 25.4. The molecule has 1 rings (SSSR count). The summed E-state index contributed by atoms with van der Waals surface area (Å²) in [6, 6.07) is 5.71. The number of sulfonamides is 1. The molecule has 0 radical (unpaired) electrons. The summed E-state index contributed by atoms with van der Waals surface area (Å²) in [5.41, 5.74) is 5.91. The Balaban J connectivity index is 2.78. The minimum Gasteiger partial charge on any atom is -0.399 e. The maximum Gasteiger partial charge on any atom is 0.241 e. The van der Waals surface area contributed by atoms with Crippen molar-refractivity contribution in [1.29, 1.82) is 0 Å². The molecule has 4 N–H and O–H groups in total. The van der Waals surface area contributed by atoms with Gasteiger partial charge < -0.3 is 11.1 Å². The molecule has 1 aromatic rings. The molecule has 0 aliphatic carbocycles. The standard InChI is InChI=1S/C9H13N3O3S/c1-11-9(13)6-12-16(14,15)8-4-2-7(10)3-5-8/h2-5,12H,6,10H2,1H3,(H,11,13). The van der Waals surface area contributed by atoms with Gasteiger partial charge in [0.15, 0.2) is 0 Å². The van der Waals surface area contributed by atoms with Gasteiger partial charge in [0.25, 0.3) is 0 Å². The zero-order valence-electron chi connectivity index (χ0n) is 8.73. The van der Waals surface area contributed by atoms with Crippen molar-refractivity contribution in [2.75, 3.05) is 19.3 Å². The summed E-state index contributed by atoms with van der Waals surface area (Å²) in [6.45, 7) is -0.288. The van der Waals surface area contributed by atoms with Crippen molar-refractivity contribution in [2.24, 2.45) is 0 Å². The quantitative estimate of drug-likeness (QED) is 0.608. The lowest BCUT2D eigenvalue weighted by Crippen LogP contribution is -2.35. The van der Waals surface area contributed by atoms with Crippen LogP contribution in [0.4, 0.5) is 5.69 Å². The molecule has 0 bridgehead atoms. The van der Waals surface area contributed by atoms with Crippen molar-refractivity contribution in [1.82, 2.24) is 10.0 Å². The highest BCUT2D eigenvalue weighted by Crippen LogP contribution is 2.10. The Morgan fingerprint density at radius 3 is 2.38 bits per heavy atom. The maximum atomic E-state index is 11.6. The molecule has 0 fully saturated rings. The Kier molecular flexibility index (Phi) is 3.86. The molecule has 1 aromatic carbocycles. The number of nitrogens with two attached hydrogens (primary N) is 1. The van der Waals surface area contributed by atoms with E-state index in [-0.39, 0.29) is 11.4 Å². The van der Waals surface area contributed by atoms with Crippen molar-refractivity contribution in [2.45, 2.75) is 4.90 Å². The summed E-state index contributed by atoms with van der Waals surface area (Å²) in [7, 11) is -2.22. The molecule has 0 spiro atoms. The van der Waals surface area contributed by atoms with Crippen molar-refractivity contribution < 1.29 is 13.2 Å². The number of rotatable bonds is 4. The monoisotopic (exact) mass is 243 g/mol. The second-order valence-corrected chi connectivity index (χ2v) is 4.83. The number of amides is 1. The number of hydrogen-bond acceptors (Lipinski definition) is 4. The molecule has 6 nitrogen and oxygen atoms in total. The Bertz CT molecular complexity index is 467. The lowest BCUT2D eigenvalue weighted by Gasteiger charge is -2.05. The molecule has 0 saturated carbocycles. The van der Waals surface area contributed by atoms with Crippen LogP contribution in [0, 0.1) is 0 Å². The van der Waals surface area contributed by atoms with E-state index in [9.17, 15) is 13.2 Å². The van der Waals surface area contributed by atoms with E-state index in [1.807, 2.05) is 0 Å². The van der Waals surface area contributed by atoms with E-state index in [0.717, 1.165) is 0 Å². The fourth-order valence-electron chi connectivity index (χ4n) is 0.979. The summed E-state index contributed by atoms with van der Waals surface area (Å²) in [5.74, 6) is -0.404. The van der Waals surface area contributed by atoms with Crippen LogP contribution < -0.4 is 15.8 Å². The third-order valence-electron chi connectivity index (χ3n) is 1.89. The third-order valence-corrected chi connectivity index (χ3v) is 3.31. The van der Waals surface area contributed by atoms with Crippen molar-refractivity contribution in [3.05, 3.63) is 24.3 Å². The van der Waals surface area contributed by atoms with Gasteiger partial charge in [0.2, 0.25) is 15.9 Å². The minimum absolute atomic E-state index is 0.0746. The number of nitrogen functional groups attached to an aromatic ring is 1. The van der Waals surface area contributed by atoms with Crippen LogP contribution >= 0.6 is 0 Å². The zero-order valence-corrected chi connectivity index (χ0v) is 9.54. The topological polar surface area (TPSA) is 101 Å². The average molecular weight is 243 g/mol. The molecule has 0 atom stereocenters. The van der Waals surface area contributed by atoms with Crippen LogP contribution in [0.15, 0.2) is 29.2 Å². The Morgan fingerprint density at radius 2 is 1.88 bits per heavy atom. The molecule has 0 heterocycles.